The first kappa shape index (κ1) is 19.2. The fourth-order valence-electron chi connectivity index (χ4n) is 1.50. The molecule has 118 valence electrons. The summed E-state index contributed by atoms with van der Waals surface area (Å²) in [4.78, 5) is 22.7. The van der Waals surface area contributed by atoms with Gasteiger partial charge in [-0.1, -0.05) is 6.92 Å². The Labute approximate surface area is 124 Å². The van der Waals surface area contributed by atoms with Crippen LogP contribution in [0.25, 0.3) is 0 Å². The molecular formula is C13H26N2O4S. The van der Waals surface area contributed by atoms with Crippen LogP contribution in [0.1, 0.15) is 33.1 Å². The maximum atomic E-state index is 11.6. The van der Waals surface area contributed by atoms with E-state index in [4.69, 9.17) is 10.5 Å². The van der Waals surface area contributed by atoms with Crippen LogP contribution >= 0.6 is 11.8 Å². The number of rotatable bonds is 11. The number of carbonyl (C=O) groups is 2. The molecule has 0 aromatic carbocycles. The highest BCUT2D eigenvalue weighted by molar-refractivity contribution is 7.99. The molecule has 0 aromatic rings. The molecule has 20 heavy (non-hydrogen) atoms. The van der Waals surface area contributed by atoms with Crippen LogP contribution in [0.2, 0.25) is 0 Å². The number of ether oxygens (including phenoxy) is 1. The van der Waals surface area contributed by atoms with Gasteiger partial charge >= 0.3 is 5.97 Å². The van der Waals surface area contributed by atoms with Crippen LogP contribution in [0.3, 0.4) is 0 Å². The third-order valence-corrected chi connectivity index (χ3v) is 3.57. The first-order valence-electron chi connectivity index (χ1n) is 6.97. The van der Waals surface area contributed by atoms with Gasteiger partial charge in [-0.15, -0.1) is 0 Å². The lowest BCUT2D eigenvalue weighted by atomic mass is 10.1. The summed E-state index contributed by atoms with van der Waals surface area (Å²) in [5, 5.41) is 12.3. The molecule has 0 aromatic heterocycles. The monoisotopic (exact) mass is 306 g/mol. The molecule has 0 aliphatic carbocycles. The van der Waals surface area contributed by atoms with Crippen LogP contribution in [0.4, 0.5) is 0 Å². The number of hydrogen-bond acceptors (Lipinski definition) is 6. The Morgan fingerprint density at radius 2 is 2.10 bits per heavy atom. The van der Waals surface area contributed by atoms with E-state index in [9.17, 15) is 14.7 Å². The fourth-order valence-corrected chi connectivity index (χ4v) is 2.23. The van der Waals surface area contributed by atoms with Crippen LogP contribution in [-0.2, 0) is 14.3 Å². The highest BCUT2D eigenvalue weighted by Gasteiger charge is 2.22. The van der Waals surface area contributed by atoms with Gasteiger partial charge in [0.2, 0.25) is 5.91 Å². The van der Waals surface area contributed by atoms with Gasteiger partial charge in [0.1, 0.15) is 6.10 Å². The van der Waals surface area contributed by atoms with Crippen LogP contribution < -0.4 is 11.1 Å². The maximum Gasteiger partial charge on any atom is 0.305 e. The van der Waals surface area contributed by atoms with Gasteiger partial charge in [-0.05, 0) is 31.3 Å². The van der Waals surface area contributed by atoms with Crippen molar-refractivity contribution in [3.05, 3.63) is 0 Å². The lowest BCUT2D eigenvalue weighted by molar-refractivity contribution is -0.143. The van der Waals surface area contributed by atoms with E-state index < -0.39 is 18.1 Å². The Balaban J connectivity index is 3.76. The molecule has 6 nitrogen and oxygen atoms in total. The standard InChI is InChI=1S/C13H26N2O4S/c1-3-19-11(16)6-5-8-15-13(18)12(17)10(14)7-9-20-4-2/h10,12,17H,3-9,14H2,1-2H3,(H,15,18). The molecule has 0 heterocycles. The minimum atomic E-state index is -1.20. The van der Waals surface area contributed by atoms with Crippen molar-refractivity contribution in [3.63, 3.8) is 0 Å². The zero-order chi connectivity index (χ0) is 15.4. The van der Waals surface area contributed by atoms with E-state index in [0.29, 0.717) is 26.0 Å². The smallest absolute Gasteiger partial charge is 0.305 e. The molecule has 0 bridgehead atoms. The number of nitrogens with one attached hydrogen (secondary N) is 1. The summed E-state index contributed by atoms with van der Waals surface area (Å²) in [6.07, 6.45) is 0.132. The van der Waals surface area contributed by atoms with E-state index in [1.54, 1.807) is 18.7 Å². The predicted molar refractivity (Wildman–Crippen MR) is 80.5 cm³/mol. The number of carbonyl (C=O) groups excluding carboxylic acids is 2. The molecule has 0 fully saturated rings. The third kappa shape index (κ3) is 9.17. The molecule has 7 heteroatoms. The van der Waals surface area contributed by atoms with Gasteiger partial charge in [0, 0.05) is 19.0 Å². The SMILES string of the molecule is CCOC(=O)CCCNC(=O)C(O)C(N)CCSCC. The van der Waals surface area contributed by atoms with E-state index in [1.165, 1.54) is 0 Å². The van der Waals surface area contributed by atoms with E-state index in [2.05, 4.69) is 5.32 Å². The summed E-state index contributed by atoms with van der Waals surface area (Å²) in [6.45, 7) is 4.47. The van der Waals surface area contributed by atoms with Gasteiger partial charge in [0.25, 0.3) is 0 Å². The van der Waals surface area contributed by atoms with Crippen molar-refractivity contribution in [2.75, 3.05) is 24.7 Å². The Hall–Kier alpha value is -0.790. The second-order valence-electron chi connectivity index (χ2n) is 4.29. The summed E-state index contributed by atoms with van der Waals surface area (Å²) in [7, 11) is 0. The van der Waals surface area contributed by atoms with Crippen molar-refractivity contribution in [2.24, 2.45) is 5.73 Å². The zero-order valence-corrected chi connectivity index (χ0v) is 13.1. The van der Waals surface area contributed by atoms with Crippen molar-refractivity contribution < 1.29 is 19.4 Å². The van der Waals surface area contributed by atoms with E-state index >= 15 is 0 Å². The molecular weight excluding hydrogens is 280 g/mol. The van der Waals surface area contributed by atoms with E-state index in [1.807, 2.05) is 6.92 Å². The molecule has 2 atom stereocenters. The van der Waals surface area contributed by atoms with Crippen molar-refractivity contribution in [3.8, 4) is 0 Å². The van der Waals surface area contributed by atoms with Crippen molar-refractivity contribution in [1.29, 1.82) is 0 Å². The summed E-state index contributed by atoms with van der Waals surface area (Å²) >= 11 is 1.72. The summed E-state index contributed by atoms with van der Waals surface area (Å²) < 4.78 is 4.77. The molecule has 4 N–H and O–H groups in total. The number of hydrogen-bond donors (Lipinski definition) is 3. The quantitative estimate of drug-likeness (QED) is 0.374. The number of nitrogens with two attached hydrogens (primary N) is 1. The molecule has 0 rings (SSSR count). The molecule has 0 aliphatic rings. The summed E-state index contributed by atoms with van der Waals surface area (Å²) in [5.74, 6) is 1.05. The molecule has 1 amide bonds. The van der Waals surface area contributed by atoms with E-state index in [0.717, 1.165) is 11.5 Å². The lowest BCUT2D eigenvalue weighted by Crippen LogP contribution is -2.46. The average Bonchev–Trinajstić information content (AvgIpc) is 2.43. The largest absolute Gasteiger partial charge is 0.466 e. The molecule has 0 saturated carbocycles. The van der Waals surface area contributed by atoms with Crippen LogP contribution in [0, 0.1) is 0 Å². The topological polar surface area (TPSA) is 102 Å². The Bertz CT molecular complexity index is 290. The molecule has 0 aliphatic heterocycles. The summed E-state index contributed by atoms with van der Waals surface area (Å²) in [5.41, 5.74) is 5.75. The van der Waals surface area contributed by atoms with Gasteiger partial charge in [-0.2, -0.15) is 11.8 Å². The van der Waals surface area contributed by atoms with Crippen LogP contribution in [-0.4, -0.2) is 53.8 Å². The van der Waals surface area contributed by atoms with Gasteiger partial charge in [-0.25, -0.2) is 0 Å². The second-order valence-corrected chi connectivity index (χ2v) is 5.69. The average molecular weight is 306 g/mol. The first-order chi connectivity index (χ1) is 9.52. The Morgan fingerprint density at radius 1 is 1.40 bits per heavy atom. The van der Waals surface area contributed by atoms with Crippen LogP contribution in [0.15, 0.2) is 0 Å². The fraction of sp³-hybridized carbons (Fsp3) is 0.846. The highest BCUT2D eigenvalue weighted by Crippen LogP contribution is 2.05. The Morgan fingerprint density at radius 3 is 2.70 bits per heavy atom. The number of esters is 1. The van der Waals surface area contributed by atoms with Crippen molar-refractivity contribution in [2.45, 2.75) is 45.3 Å². The van der Waals surface area contributed by atoms with Gasteiger partial charge in [0.15, 0.2) is 0 Å². The minimum absolute atomic E-state index is 0.253. The van der Waals surface area contributed by atoms with E-state index in [-0.39, 0.29) is 12.4 Å². The van der Waals surface area contributed by atoms with Gasteiger partial charge in [0.05, 0.1) is 6.61 Å². The van der Waals surface area contributed by atoms with Crippen LogP contribution in [0.5, 0.6) is 0 Å². The van der Waals surface area contributed by atoms with Gasteiger partial charge < -0.3 is 20.9 Å². The number of thioether (sulfide) groups is 1. The lowest BCUT2D eigenvalue weighted by Gasteiger charge is -2.18. The first-order valence-corrected chi connectivity index (χ1v) is 8.13. The number of aliphatic hydroxyl groups excluding tert-OH is 1. The van der Waals surface area contributed by atoms with Gasteiger partial charge in [-0.3, -0.25) is 9.59 Å². The van der Waals surface area contributed by atoms with Crippen molar-refractivity contribution in [1.82, 2.24) is 5.32 Å². The normalized spacial score (nSPS) is 13.6. The number of aliphatic hydroxyl groups is 1. The highest BCUT2D eigenvalue weighted by atomic mass is 32.2. The minimum Gasteiger partial charge on any atom is -0.466 e. The zero-order valence-electron chi connectivity index (χ0n) is 12.3. The molecule has 0 spiro atoms. The molecule has 2 unspecified atom stereocenters. The molecule has 0 saturated heterocycles. The second kappa shape index (κ2) is 12.0. The maximum absolute atomic E-state index is 11.6. The Kier molecular flexibility index (Phi) is 11.5. The summed E-state index contributed by atoms with van der Waals surface area (Å²) in [6, 6.07) is -0.556. The predicted octanol–water partition coefficient (Wildman–Crippen LogP) is 0.277. The third-order valence-electron chi connectivity index (χ3n) is 2.64. The number of amides is 1. The van der Waals surface area contributed by atoms with Crippen molar-refractivity contribution >= 4 is 23.6 Å². The molecule has 0 radical (unpaired) electrons.